The molecule has 0 aromatic heterocycles. The highest BCUT2D eigenvalue weighted by molar-refractivity contribution is 5.12. The summed E-state index contributed by atoms with van der Waals surface area (Å²) >= 11 is 0. The smallest absolute Gasteiger partial charge is 0.0166 e. The third kappa shape index (κ3) is 4.73. The minimum Gasteiger partial charge on any atom is -0.0882 e. The lowest BCUT2D eigenvalue weighted by atomic mass is 10.2. The van der Waals surface area contributed by atoms with Gasteiger partial charge < -0.3 is 0 Å². The molecule has 0 heteroatoms. The first kappa shape index (κ1) is 9.05. The van der Waals surface area contributed by atoms with E-state index in [1.807, 2.05) is 0 Å². The molecule has 0 fully saturated rings. The molecule has 0 aromatic rings. The molecule has 12 heavy (non-hydrogen) atoms. The summed E-state index contributed by atoms with van der Waals surface area (Å²) in [6, 6.07) is 0. The van der Waals surface area contributed by atoms with Crippen molar-refractivity contribution >= 4 is 0 Å². The van der Waals surface area contributed by atoms with Gasteiger partial charge in [-0.3, -0.25) is 0 Å². The van der Waals surface area contributed by atoms with E-state index in [4.69, 9.17) is 0 Å². The minimum absolute atomic E-state index is 1.06. The Morgan fingerprint density at radius 1 is 0.583 bits per heavy atom. The van der Waals surface area contributed by atoms with Crippen molar-refractivity contribution in [3.63, 3.8) is 0 Å². The van der Waals surface area contributed by atoms with E-state index in [2.05, 4.69) is 48.6 Å². The van der Waals surface area contributed by atoms with Gasteiger partial charge in [0.15, 0.2) is 0 Å². The molecule has 1 aliphatic carbocycles. The lowest BCUT2D eigenvalue weighted by molar-refractivity contribution is 0.866. The van der Waals surface area contributed by atoms with Crippen LogP contribution in [0.25, 0.3) is 0 Å². The zero-order chi connectivity index (χ0) is 8.49. The predicted molar refractivity (Wildman–Crippen MR) is 55.0 cm³/mol. The summed E-state index contributed by atoms with van der Waals surface area (Å²) in [7, 11) is 0. The Bertz CT molecular complexity index is 204. The molecule has 0 unspecified atom stereocenters. The molecule has 64 valence electrons. The normalized spacial score (nSPS) is 26.7. The van der Waals surface area contributed by atoms with Gasteiger partial charge >= 0.3 is 0 Å². The summed E-state index contributed by atoms with van der Waals surface area (Å²) in [6.07, 6.45) is 22.0. The lowest BCUT2D eigenvalue weighted by Gasteiger charge is -1.90. The molecule has 0 aliphatic heterocycles. The van der Waals surface area contributed by atoms with E-state index in [9.17, 15) is 0 Å². The first-order valence-electron chi connectivity index (χ1n) is 4.63. The van der Waals surface area contributed by atoms with Gasteiger partial charge in [0.2, 0.25) is 0 Å². The van der Waals surface area contributed by atoms with Crippen molar-refractivity contribution in [3.05, 3.63) is 48.6 Å². The molecule has 1 aliphatic rings. The maximum absolute atomic E-state index is 2.27. The van der Waals surface area contributed by atoms with Crippen LogP contribution in [0.2, 0.25) is 0 Å². The van der Waals surface area contributed by atoms with E-state index >= 15 is 0 Å². The fourth-order valence-corrected chi connectivity index (χ4v) is 1.11. The highest BCUT2D eigenvalue weighted by atomic mass is 13.9. The van der Waals surface area contributed by atoms with E-state index in [1.54, 1.807) is 0 Å². The van der Waals surface area contributed by atoms with Crippen LogP contribution in [0.1, 0.15) is 25.7 Å². The van der Waals surface area contributed by atoms with Crippen molar-refractivity contribution in [1.29, 1.82) is 0 Å². The van der Waals surface area contributed by atoms with Crippen LogP contribution in [-0.2, 0) is 0 Å². The molecule has 0 saturated carbocycles. The fraction of sp³-hybridized carbons (Fsp3) is 0.333. The van der Waals surface area contributed by atoms with Gasteiger partial charge in [0.05, 0.1) is 0 Å². The number of hydrogen-bond acceptors (Lipinski definition) is 0. The standard InChI is InChI=1S/C12H16/c1-2-4-6-8-10-12-11-9-7-5-3-1/h1-6,9,11H,7-8,10,12H2/b2-1+,5-3-,6-4-,11-9?. The monoisotopic (exact) mass is 160 g/mol. The Balaban J connectivity index is 2.42. The molecule has 0 spiro atoms. The third-order valence-corrected chi connectivity index (χ3v) is 1.79. The summed E-state index contributed by atoms with van der Waals surface area (Å²) in [4.78, 5) is 0. The van der Waals surface area contributed by atoms with Crippen LogP contribution in [0.3, 0.4) is 0 Å². The Morgan fingerprint density at radius 3 is 2.25 bits per heavy atom. The maximum Gasteiger partial charge on any atom is -0.0166 e. The van der Waals surface area contributed by atoms with Gasteiger partial charge in [-0.25, -0.2) is 0 Å². The largest absolute Gasteiger partial charge is 0.0882 e. The lowest BCUT2D eigenvalue weighted by Crippen LogP contribution is -1.69. The first-order valence-corrected chi connectivity index (χ1v) is 4.63. The van der Waals surface area contributed by atoms with Gasteiger partial charge in [-0.2, -0.15) is 0 Å². The van der Waals surface area contributed by atoms with Crippen LogP contribution < -0.4 is 0 Å². The third-order valence-electron chi connectivity index (χ3n) is 1.79. The van der Waals surface area contributed by atoms with Crippen molar-refractivity contribution in [3.8, 4) is 0 Å². The second-order valence-electron chi connectivity index (χ2n) is 2.88. The van der Waals surface area contributed by atoms with Gasteiger partial charge in [-0.1, -0.05) is 48.6 Å². The van der Waals surface area contributed by atoms with Crippen LogP contribution in [0.4, 0.5) is 0 Å². The molecule has 0 aromatic carbocycles. The minimum atomic E-state index is 1.06. The highest BCUT2D eigenvalue weighted by Crippen LogP contribution is 2.00. The van der Waals surface area contributed by atoms with E-state index in [1.165, 1.54) is 19.3 Å². The van der Waals surface area contributed by atoms with Crippen LogP contribution in [0, 0.1) is 0 Å². The summed E-state index contributed by atoms with van der Waals surface area (Å²) in [5.74, 6) is 0. The van der Waals surface area contributed by atoms with Crippen molar-refractivity contribution in [1.82, 2.24) is 0 Å². The summed E-state index contributed by atoms with van der Waals surface area (Å²) < 4.78 is 0. The molecule has 0 amide bonds. The molecule has 0 nitrogen and oxygen atoms in total. The van der Waals surface area contributed by atoms with Crippen LogP contribution in [-0.4, -0.2) is 0 Å². The number of allylic oxidation sites excluding steroid dienone is 8. The average molecular weight is 160 g/mol. The van der Waals surface area contributed by atoms with E-state index in [0.717, 1.165) is 6.42 Å². The summed E-state index contributed by atoms with van der Waals surface area (Å²) in [5, 5.41) is 0. The zero-order valence-corrected chi connectivity index (χ0v) is 7.45. The Kier molecular flexibility index (Phi) is 5.02. The second kappa shape index (κ2) is 6.66. The second-order valence-corrected chi connectivity index (χ2v) is 2.88. The molecule has 0 atom stereocenters. The van der Waals surface area contributed by atoms with Gasteiger partial charge in [0.1, 0.15) is 0 Å². The molecule has 0 saturated heterocycles. The van der Waals surface area contributed by atoms with E-state index < -0.39 is 0 Å². The van der Waals surface area contributed by atoms with Crippen molar-refractivity contribution in [2.24, 2.45) is 0 Å². The molecule has 0 heterocycles. The summed E-state index contributed by atoms with van der Waals surface area (Å²) in [6.45, 7) is 0. The van der Waals surface area contributed by atoms with Crippen LogP contribution in [0.15, 0.2) is 48.6 Å². The van der Waals surface area contributed by atoms with Gasteiger partial charge in [-0.15, -0.1) is 0 Å². The predicted octanol–water partition coefficient (Wildman–Crippen LogP) is 3.79. The first-order chi connectivity index (χ1) is 6.00. The Labute approximate surface area is 75.0 Å². The summed E-state index contributed by atoms with van der Waals surface area (Å²) in [5.41, 5.74) is 0. The number of rotatable bonds is 0. The van der Waals surface area contributed by atoms with Crippen LogP contribution in [0.5, 0.6) is 0 Å². The quantitative estimate of drug-likeness (QED) is 0.473. The fourth-order valence-electron chi connectivity index (χ4n) is 1.11. The maximum atomic E-state index is 2.27. The molecule has 0 N–H and O–H groups in total. The Morgan fingerprint density at radius 2 is 1.33 bits per heavy atom. The van der Waals surface area contributed by atoms with Gasteiger partial charge in [-0.05, 0) is 25.7 Å². The zero-order valence-electron chi connectivity index (χ0n) is 7.45. The SMILES string of the molecule is C1=CCCC\C=C/C=C/C=C\C1. The molecule has 0 radical (unpaired) electrons. The number of hydrogen-bond donors (Lipinski definition) is 0. The van der Waals surface area contributed by atoms with E-state index in [-0.39, 0.29) is 0 Å². The average Bonchev–Trinajstić information content (AvgIpc) is 2.05. The Hall–Kier alpha value is -1.04. The molecule has 0 bridgehead atoms. The van der Waals surface area contributed by atoms with Crippen molar-refractivity contribution in [2.75, 3.05) is 0 Å². The van der Waals surface area contributed by atoms with E-state index in [0.29, 0.717) is 0 Å². The van der Waals surface area contributed by atoms with Gasteiger partial charge in [0.25, 0.3) is 0 Å². The van der Waals surface area contributed by atoms with Crippen molar-refractivity contribution < 1.29 is 0 Å². The highest BCUT2D eigenvalue weighted by Gasteiger charge is 1.80. The van der Waals surface area contributed by atoms with Crippen LogP contribution >= 0.6 is 0 Å². The molecular weight excluding hydrogens is 144 g/mol. The molecular formula is C12H16. The van der Waals surface area contributed by atoms with Gasteiger partial charge in [0, 0.05) is 0 Å². The van der Waals surface area contributed by atoms with Crippen molar-refractivity contribution in [2.45, 2.75) is 25.7 Å². The molecule has 1 rings (SSSR count). The topological polar surface area (TPSA) is 0 Å².